The molecule has 0 aliphatic carbocycles. The van der Waals surface area contributed by atoms with E-state index in [0.717, 1.165) is 10.8 Å². The number of aliphatic imine (C=N–C) groups is 1. The third kappa shape index (κ3) is 2.71. The third-order valence-corrected chi connectivity index (χ3v) is 2.79. The van der Waals surface area contributed by atoms with Crippen molar-refractivity contribution in [2.24, 2.45) is 4.99 Å². The van der Waals surface area contributed by atoms with Crippen molar-refractivity contribution in [3.63, 3.8) is 0 Å². The number of carboxylic acid groups (broad SMARTS) is 1. The Morgan fingerprint density at radius 3 is 2.68 bits per heavy atom. The van der Waals surface area contributed by atoms with Gasteiger partial charge in [-0.2, -0.15) is 0 Å². The Morgan fingerprint density at radius 1 is 1.26 bits per heavy atom. The second-order valence-electron chi connectivity index (χ2n) is 4.03. The van der Waals surface area contributed by atoms with Crippen LogP contribution in [0.15, 0.2) is 41.4 Å². The number of phenols is 1. The molecule has 19 heavy (non-hydrogen) atoms. The van der Waals surface area contributed by atoms with Crippen LogP contribution >= 0.6 is 0 Å². The van der Waals surface area contributed by atoms with E-state index in [4.69, 9.17) is 10.2 Å². The van der Waals surface area contributed by atoms with E-state index in [9.17, 15) is 9.90 Å². The summed E-state index contributed by atoms with van der Waals surface area (Å²) in [7, 11) is 0. The fourth-order valence-corrected chi connectivity index (χ4v) is 1.77. The van der Waals surface area contributed by atoms with Crippen molar-refractivity contribution in [1.82, 2.24) is 0 Å². The lowest BCUT2D eigenvalue weighted by Crippen LogP contribution is -2.22. The smallest absolute Gasteiger partial charge is 0.330 e. The minimum absolute atomic E-state index is 0.0181. The number of carbonyl (C=O) groups is 1. The van der Waals surface area contributed by atoms with Crippen molar-refractivity contribution in [2.75, 3.05) is 6.61 Å². The van der Waals surface area contributed by atoms with Gasteiger partial charge in [0.15, 0.2) is 6.04 Å². The maximum atomic E-state index is 10.8. The van der Waals surface area contributed by atoms with Crippen molar-refractivity contribution in [3.05, 3.63) is 42.0 Å². The molecular formula is C14H13NO4. The number of rotatable bonds is 4. The standard InChI is InChI=1S/C14H13NO4/c16-8-12(14(18)19)15-7-11-10-4-2-1-3-9(10)5-6-13(11)17/h1-7,12,16-17H,8H2,(H,18,19). The van der Waals surface area contributed by atoms with E-state index in [1.54, 1.807) is 6.07 Å². The Bertz CT molecular complexity index is 636. The number of aliphatic carboxylic acids is 1. The Hall–Kier alpha value is -2.40. The van der Waals surface area contributed by atoms with E-state index < -0.39 is 18.6 Å². The summed E-state index contributed by atoms with van der Waals surface area (Å²) < 4.78 is 0. The molecule has 0 aliphatic rings. The lowest BCUT2D eigenvalue weighted by Gasteiger charge is -2.06. The average Bonchev–Trinajstić information content (AvgIpc) is 2.41. The third-order valence-electron chi connectivity index (χ3n) is 2.79. The average molecular weight is 259 g/mol. The largest absolute Gasteiger partial charge is 0.507 e. The van der Waals surface area contributed by atoms with Gasteiger partial charge >= 0.3 is 5.97 Å². The molecule has 98 valence electrons. The summed E-state index contributed by atoms with van der Waals surface area (Å²) in [6.45, 7) is -0.586. The zero-order valence-corrected chi connectivity index (χ0v) is 10.0. The van der Waals surface area contributed by atoms with Crippen LogP contribution in [0.1, 0.15) is 5.56 Å². The van der Waals surface area contributed by atoms with Crippen LogP contribution in [-0.2, 0) is 4.79 Å². The topological polar surface area (TPSA) is 90.1 Å². The van der Waals surface area contributed by atoms with Crippen molar-refractivity contribution in [1.29, 1.82) is 0 Å². The molecule has 2 aromatic rings. The SMILES string of the molecule is O=C(O)C(CO)N=Cc1c(O)ccc2ccccc12. The first-order chi connectivity index (χ1) is 9.13. The van der Waals surface area contributed by atoms with Gasteiger partial charge in [0.2, 0.25) is 0 Å². The number of hydrogen-bond donors (Lipinski definition) is 3. The molecule has 0 saturated heterocycles. The molecule has 1 atom stereocenters. The summed E-state index contributed by atoms with van der Waals surface area (Å²) in [6, 6.07) is 9.45. The fraction of sp³-hybridized carbons (Fsp3) is 0.143. The van der Waals surface area contributed by atoms with Gasteiger partial charge in [-0.3, -0.25) is 4.99 Å². The summed E-state index contributed by atoms with van der Waals surface area (Å²) in [4.78, 5) is 14.6. The zero-order valence-electron chi connectivity index (χ0n) is 10.0. The van der Waals surface area contributed by atoms with Gasteiger partial charge in [-0.05, 0) is 16.8 Å². The maximum Gasteiger partial charge on any atom is 0.330 e. The van der Waals surface area contributed by atoms with Gasteiger partial charge in [0, 0.05) is 11.8 Å². The van der Waals surface area contributed by atoms with Crippen LogP contribution in [0.5, 0.6) is 5.75 Å². The predicted molar refractivity (Wildman–Crippen MR) is 71.7 cm³/mol. The van der Waals surface area contributed by atoms with E-state index in [2.05, 4.69) is 4.99 Å². The normalized spacial score (nSPS) is 12.9. The Kier molecular flexibility index (Phi) is 3.77. The molecule has 1 unspecified atom stereocenters. The summed E-state index contributed by atoms with van der Waals surface area (Å²) >= 11 is 0. The van der Waals surface area contributed by atoms with Crippen molar-refractivity contribution < 1.29 is 20.1 Å². The summed E-state index contributed by atoms with van der Waals surface area (Å²) in [5.74, 6) is -1.19. The number of aliphatic hydroxyl groups is 1. The first kappa shape index (κ1) is 13.0. The van der Waals surface area contributed by atoms with Gasteiger partial charge in [-0.1, -0.05) is 30.3 Å². The number of fused-ring (bicyclic) bond motifs is 1. The number of aliphatic hydroxyl groups excluding tert-OH is 1. The van der Waals surface area contributed by atoms with E-state index in [1.807, 2.05) is 24.3 Å². The van der Waals surface area contributed by atoms with Crippen LogP contribution in [0.4, 0.5) is 0 Å². The van der Waals surface area contributed by atoms with E-state index >= 15 is 0 Å². The molecule has 5 nitrogen and oxygen atoms in total. The molecule has 0 heterocycles. The van der Waals surface area contributed by atoms with Crippen molar-refractivity contribution >= 4 is 23.0 Å². The Balaban J connectivity index is 2.47. The summed E-state index contributed by atoms with van der Waals surface area (Å²) in [5, 5.41) is 29.2. The lowest BCUT2D eigenvalue weighted by atomic mass is 10.0. The molecule has 0 radical (unpaired) electrons. The molecular weight excluding hydrogens is 246 g/mol. The highest BCUT2D eigenvalue weighted by molar-refractivity contribution is 6.02. The number of hydrogen-bond acceptors (Lipinski definition) is 4. The van der Waals surface area contributed by atoms with Gasteiger partial charge in [0.1, 0.15) is 5.75 Å². The number of phenolic OH excluding ortho intramolecular Hbond substituents is 1. The van der Waals surface area contributed by atoms with E-state index in [0.29, 0.717) is 5.56 Å². The van der Waals surface area contributed by atoms with Gasteiger partial charge in [0.25, 0.3) is 0 Å². The second kappa shape index (κ2) is 5.49. The Labute approximate surface area is 109 Å². The quantitative estimate of drug-likeness (QED) is 0.724. The zero-order chi connectivity index (χ0) is 13.8. The fourth-order valence-electron chi connectivity index (χ4n) is 1.77. The van der Waals surface area contributed by atoms with Crippen molar-refractivity contribution in [3.8, 4) is 5.75 Å². The highest BCUT2D eigenvalue weighted by Gasteiger charge is 2.14. The first-order valence-corrected chi connectivity index (χ1v) is 5.71. The molecule has 0 aromatic heterocycles. The van der Waals surface area contributed by atoms with Crippen LogP contribution in [-0.4, -0.2) is 40.2 Å². The van der Waals surface area contributed by atoms with Crippen LogP contribution in [0, 0.1) is 0 Å². The highest BCUT2D eigenvalue weighted by atomic mass is 16.4. The van der Waals surface area contributed by atoms with Crippen LogP contribution in [0.3, 0.4) is 0 Å². The van der Waals surface area contributed by atoms with Gasteiger partial charge in [0.05, 0.1) is 6.61 Å². The number of nitrogens with zero attached hydrogens (tertiary/aromatic N) is 1. The molecule has 0 saturated carbocycles. The molecule has 0 amide bonds. The molecule has 0 fully saturated rings. The van der Waals surface area contributed by atoms with Crippen LogP contribution in [0.2, 0.25) is 0 Å². The molecule has 2 aromatic carbocycles. The predicted octanol–water partition coefficient (Wildman–Crippen LogP) is 1.41. The lowest BCUT2D eigenvalue weighted by molar-refractivity contribution is -0.139. The first-order valence-electron chi connectivity index (χ1n) is 5.71. The minimum Gasteiger partial charge on any atom is -0.507 e. The minimum atomic E-state index is -1.22. The number of carboxylic acids is 1. The van der Waals surface area contributed by atoms with Crippen LogP contribution in [0.25, 0.3) is 10.8 Å². The molecule has 3 N–H and O–H groups in total. The number of aromatic hydroxyl groups is 1. The molecule has 0 spiro atoms. The molecule has 5 heteroatoms. The highest BCUT2D eigenvalue weighted by Crippen LogP contribution is 2.25. The van der Waals surface area contributed by atoms with E-state index in [1.165, 1.54) is 12.3 Å². The molecule has 0 bridgehead atoms. The second-order valence-corrected chi connectivity index (χ2v) is 4.03. The van der Waals surface area contributed by atoms with Gasteiger partial charge < -0.3 is 15.3 Å². The van der Waals surface area contributed by atoms with Crippen LogP contribution < -0.4 is 0 Å². The van der Waals surface area contributed by atoms with Crippen molar-refractivity contribution in [2.45, 2.75) is 6.04 Å². The van der Waals surface area contributed by atoms with Gasteiger partial charge in [-0.25, -0.2) is 4.79 Å². The Morgan fingerprint density at radius 2 is 2.00 bits per heavy atom. The molecule has 0 aliphatic heterocycles. The summed E-state index contributed by atoms with van der Waals surface area (Å²) in [5.41, 5.74) is 0.442. The number of benzene rings is 2. The van der Waals surface area contributed by atoms with E-state index in [-0.39, 0.29) is 5.75 Å². The van der Waals surface area contributed by atoms with Gasteiger partial charge in [-0.15, -0.1) is 0 Å². The maximum absolute atomic E-state index is 10.8. The summed E-state index contributed by atoms with van der Waals surface area (Å²) in [6.07, 6.45) is 1.28. The molecule has 2 rings (SSSR count). The monoisotopic (exact) mass is 259 g/mol.